The van der Waals surface area contributed by atoms with E-state index in [0.29, 0.717) is 23.2 Å². The van der Waals surface area contributed by atoms with E-state index in [9.17, 15) is 4.79 Å². The second kappa shape index (κ2) is 15.3. The largest absolute Gasteiger partial charge is 0.297 e. The fraction of sp³-hybridized carbons (Fsp3) is 0.245. The lowest BCUT2D eigenvalue weighted by molar-refractivity contribution is 0.103. The van der Waals surface area contributed by atoms with Crippen LogP contribution in [-0.2, 0) is 0 Å². The second-order valence-electron chi connectivity index (χ2n) is 14.7. The summed E-state index contributed by atoms with van der Waals surface area (Å²) in [6, 6.07) is 52.4. The molecule has 2 heterocycles. The van der Waals surface area contributed by atoms with E-state index in [4.69, 9.17) is 0 Å². The van der Waals surface area contributed by atoms with Gasteiger partial charge in [0, 0.05) is 23.2 Å². The number of hydrogen-bond donors (Lipinski definition) is 0. The molecule has 2 aliphatic rings. The Kier molecular flexibility index (Phi) is 9.98. The van der Waals surface area contributed by atoms with E-state index in [0.717, 1.165) is 11.1 Å². The molecule has 0 aliphatic carbocycles. The van der Waals surface area contributed by atoms with Crippen molar-refractivity contribution in [3.8, 4) is 44.5 Å². The lowest BCUT2D eigenvalue weighted by Gasteiger charge is -2.24. The first-order chi connectivity index (χ1) is 25.5. The van der Waals surface area contributed by atoms with Gasteiger partial charge in [0.15, 0.2) is 5.78 Å². The molecule has 2 saturated heterocycles. The molecular formula is C49H48N2O. The zero-order valence-electron chi connectivity index (χ0n) is 30.5. The molecule has 6 aromatic rings. The van der Waals surface area contributed by atoms with E-state index in [1.54, 1.807) is 0 Å². The smallest absolute Gasteiger partial charge is 0.193 e. The predicted molar refractivity (Wildman–Crippen MR) is 217 cm³/mol. The van der Waals surface area contributed by atoms with Crippen molar-refractivity contribution in [1.82, 2.24) is 9.80 Å². The van der Waals surface area contributed by atoms with Crippen LogP contribution in [0.25, 0.3) is 44.5 Å². The van der Waals surface area contributed by atoms with Gasteiger partial charge in [-0.25, -0.2) is 0 Å². The van der Waals surface area contributed by atoms with Crippen LogP contribution in [0.4, 0.5) is 0 Å². The second-order valence-corrected chi connectivity index (χ2v) is 14.7. The molecule has 0 N–H and O–H groups in total. The molecule has 3 nitrogen and oxygen atoms in total. The Bertz CT molecular complexity index is 1960. The van der Waals surface area contributed by atoms with Gasteiger partial charge in [0.2, 0.25) is 0 Å². The quantitative estimate of drug-likeness (QED) is 0.135. The molecule has 0 bridgehead atoms. The van der Waals surface area contributed by atoms with Gasteiger partial charge in [0.25, 0.3) is 0 Å². The van der Waals surface area contributed by atoms with E-state index < -0.39 is 0 Å². The van der Waals surface area contributed by atoms with Crippen molar-refractivity contribution in [3.63, 3.8) is 0 Å². The summed E-state index contributed by atoms with van der Waals surface area (Å²) in [5.41, 5.74) is 13.5. The van der Waals surface area contributed by atoms with Crippen LogP contribution in [0.3, 0.4) is 0 Å². The van der Waals surface area contributed by atoms with E-state index in [2.05, 4.69) is 145 Å². The fourth-order valence-electron chi connectivity index (χ4n) is 8.30. The van der Waals surface area contributed by atoms with Crippen molar-refractivity contribution in [1.29, 1.82) is 0 Å². The SMILES string of the molecule is CC(c1ccc(-c2ccccc2-c2ccc(C(=O)c3ccc(-c4ccccc4-c4ccc(C(C)N5CCCC5)cc4)cc3)cc2)cc1)N1CCCC1. The Morgan fingerprint density at radius 3 is 0.962 bits per heavy atom. The van der Waals surface area contributed by atoms with Crippen molar-refractivity contribution in [2.75, 3.05) is 26.2 Å². The average Bonchev–Trinajstić information content (AvgIpc) is 3.97. The summed E-state index contributed by atoms with van der Waals surface area (Å²) in [5, 5.41) is 0. The van der Waals surface area contributed by atoms with Crippen molar-refractivity contribution >= 4 is 5.78 Å². The summed E-state index contributed by atoms with van der Waals surface area (Å²) < 4.78 is 0. The van der Waals surface area contributed by atoms with Crippen molar-refractivity contribution < 1.29 is 4.79 Å². The van der Waals surface area contributed by atoms with Crippen LogP contribution >= 0.6 is 0 Å². The molecule has 3 heteroatoms. The lowest BCUT2D eigenvalue weighted by Crippen LogP contribution is -2.23. The van der Waals surface area contributed by atoms with Gasteiger partial charge in [-0.2, -0.15) is 0 Å². The van der Waals surface area contributed by atoms with Crippen LogP contribution in [0.1, 0.15) is 78.7 Å². The van der Waals surface area contributed by atoms with Crippen LogP contribution in [0.2, 0.25) is 0 Å². The van der Waals surface area contributed by atoms with E-state index in [-0.39, 0.29) is 5.78 Å². The highest BCUT2D eigenvalue weighted by molar-refractivity contribution is 6.09. The molecule has 0 amide bonds. The fourth-order valence-corrected chi connectivity index (χ4v) is 8.30. The summed E-state index contributed by atoms with van der Waals surface area (Å²) in [5.74, 6) is 0.0325. The van der Waals surface area contributed by atoms with E-state index in [1.165, 1.54) is 96.4 Å². The normalized spacial score (nSPS) is 16.2. The van der Waals surface area contributed by atoms with Crippen LogP contribution in [0.15, 0.2) is 146 Å². The molecule has 6 aromatic carbocycles. The van der Waals surface area contributed by atoms with E-state index >= 15 is 0 Å². The number of hydrogen-bond acceptors (Lipinski definition) is 3. The molecule has 2 atom stereocenters. The third-order valence-corrected chi connectivity index (χ3v) is 11.6. The standard InChI is InChI=1S/C49H48N2O/c1-35(50-31-7-8-32-50)37-15-19-39(20-16-37)45-11-3-5-13-47(45)41-23-27-43(28-24-41)49(52)44-29-25-42(26-30-44)48-14-6-4-12-46(48)40-21-17-38(18-22-40)36(2)51-33-9-10-34-51/h3-6,11-30,35-36H,7-10,31-34H2,1-2H3. The van der Waals surface area contributed by atoms with Gasteiger partial charge in [-0.1, -0.05) is 146 Å². The Morgan fingerprint density at radius 2 is 0.673 bits per heavy atom. The molecule has 0 saturated carbocycles. The number of ketones is 1. The molecular weight excluding hydrogens is 633 g/mol. The molecule has 2 unspecified atom stereocenters. The first kappa shape index (κ1) is 34.0. The average molecular weight is 681 g/mol. The summed E-state index contributed by atoms with van der Waals surface area (Å²) in [6.45, 7) is 9.41. The molecule has 2 aliphatic heterocycles. The number of nitrogens with zero attached hydrogens (tertiary/aromatic N) is 2. The first-order valence-electron chi connectivity index (χ1n) is 19.2. The summed E-state index contributed by atoms with van der Waals surface area (Å²) in [7, 11) is 0. The summed E-state index contributed by atoms with van der Waals surface area (Å²) >= 11 is 0. The number of carbonyl (C=O) groups excluding carboxylic acids is 1. The highest BCUT2D eigenvalue weighted by Crippen LogP contribution is 2.36. The molecule has 52 heavy (non-hydrogen) atoms. The van der Waals surface area contributed by atoms with Gasteiger partial charge in [-0.3, -0.25) is 14.6 Å². The number of rotatable bonds is 10. The van der Waals surface area contributed by atoms with Crippen LogP contribution in [0, 0.1) is 0 Å². The Labute approximate surface area is 309 Å². The van der Waals surface area contributed by atoms with Crippen molar-refractivity contribution in [2.24, 2.45) is 0 Å². The highest BCUT2D eigenvalue weighted by Gasteiger charge is 2.21. The van der Waals surface area contributed by atoms with Crippen molar-refractivity contribution in [2.45, 2.75) is 51.6 Å². The number of benzene rings is 6. The highest BCUT2D eigenvalue weighted by atomic mass is 16.1. The maximum Gasteiger partial charge on any atom is 0.193 e. The molecule has 260 valence electrons. The minimum atomic E-state index is 0.0325. The molecule has 0 spiro atoms. The van der Waals surface area contributed by atoms with Gasteiger partial charge < -0.3 is 0 Å². The van der Waals surface area contributed by atoms with Gasteiger partial charge in [-0.05, 0) is 121 Å². The maximum absolute atomic E-state index is 13.7. The van der Waals surface area contributed by atoms with Crippen LogP contribution < -0.4 is 0 Å². The van der Waals surface area contributed by atoms with Gasteiger partial charge in [-0.15, -0.1) is 0 Å². The summed E-state index contributed by atoms with van der Waals surface area (Å²) in [6.07, 6.45) is 5.21. The van der Waals surface area contributed by atoms with Gasteiger partial charge in [0.1, 0.15) is 0 Å². The zero-order chi connectivity index (χ0) is 35.4. The van der Waals surface area contributed by atoms with Crippen molar-refractivity contribution in [3.05, 3.63) is 168 Å². The zero-order valence-corrected chi connectivity index (χ0v) is 30.5. The maximum atomic E-state index is 13.7. The monoisotopic (exact) mass is 680 g/mol. The molecule has 2 fully saturated rings. The number of likely N-dealkylation sites (tertiary alicyclic amines) is 2. The molecule has 0 radical (unpaired) electrons. The Balaban J connectivity index is 0.976. The topological polar surface area (TPSA) is 23.6 Å². The van der Waals surface area contributed by atoms with Gasteiger partial charge >= 0.3 is 0 Å². The van der Waals surface area contributed by atoms with E-state index in [1.807, 2.05) is 24.3 Å². The van der Waals surface area contributed by atoms with Gasteiger partial charge in [0.05, 0.1) is 0 Å². The number of carbonyl (C=O) groups is 1. The minimum absolute atomic E-state index is 0.0325. The molecule has 8 rings (SSSR count). The molecule has 0 aromatic heterocycles. The minimum Gasteiger partial charge on any atom is -0.297 e. The first-order valence-corrected chi connectivity index (χ1v) is 19.2. The summed E-state index contributed by atoms with van der Waals surface area (Å²) in [4.78, 5) is 18.8. The lowest BCUT2D eigenvalue weighted by atomic mass is 9.91. The van der Waals surface area contributed by atoms with Crippen LogP contribution in [-0.4, -0.2) is 41.8 Å². The Morgan fingerprint density at radius 1 is 0.404 bits per heavy atom. The Hall–Kier alpha value is -5.09. The predicted octanol–water partition coefficient (Wildman–Crippen LogP) is 11.9. The van der Waals surface area contributed by atoms with Crippen LogP contribution in [0.5, 0.6) is 0 Å². The third kappa shape index (κ3) is 7.04. The third-order valence-electron chi connectivity index (χ3n) is 11.6.